The molecule has 0 aliphatic rings. The van der Waals surface area contributed by atoms with E-state index in [0.717, 1.165) is 12.1 Å². The molecule has 0 aliphatic heterocycles. The molecule has 1 rings (SSSR count). The molecular formula is C13H23ClN2O2S. The minimum atomic E-state index is -3.37. The van der Waals surface area contributed by atoms with Gasteiger partial charge in [-0.3, -0.25) is 0 Å². The molecule has 0 spiro atoms. The van der Waals surface area contributed by atoms with Crippen LogP contribution in [0.5, 0.6) is 0 Å². The highest BCUT2D eigenvalue weighted by Gasteiger charge is 2.13. The summed E-state index contributed by atoms with van der Waals surface area (Å²) >= 11 is 0. The van der Waals surface area contributed by atoms with Crippen LogP contribution < -0.4 is 10.0 Å². The maximum atomic E-state index is 11.9. The standard InChI is InChI=1S/C13H22N2O2S.ClH/c1-4-14-9-10-15-18(16,17)13-7-5-12(6-8-13)11(2)3;/h5-8,11,14-15H,4,9-10H2,1-3H3;1H. The minimum absolute atomic E-state index is 0. The first-order valence-electron chi connectivity index (χ1n) is 6.27. The fraction of sp³-hybridized carbons (Fsp3) is 0.538. The van der Waals surface area contributed by atoms with Crippen LogP contribution in [0.1, 0.15) is 32.3 Å². The summed E-state index contributed by atoms with van der Waals surface area (Å²) in [6.07, 6.45) is 0. The zero-order chi connectivity index (χ0) is 13.6. The van der Waals surface area contributed by atoms with Crippen LogP contribution in [0, 0.1) is 0 Å². The van der Waals surface area contributed by atoms with Crippen LogP contribution in [0.25, 0.3) is 0 Å². The Morgan fingerprint density at radius 3 is 2.16 bits per heavy atom. The molecule has 0 fully saturated rings. The number of rotatable bonds is 7. The number of halogens is 1. The van der Waals surface area contributed by atoms with E-state index in [9.17, 15) is 8.42 Å². The zero-order valence-corrected chi connectivity index (χ0v) is 13.3. The van der Waals surface area contributed by atoms with Gasteiger partial charge in [0, 0.05) is 13.1 Å². The van der Waals surface area contributed by atoms with Gasteiger partial charge >= 0.3 is 0 Å². The van der Waals surface area contributed by atoms with Crippen LogP contribution >= 0.6 is 12.4 Å². The second kappa shape index (κ2) is 8.53. The average molecular weight is 307 g/mol. The predicted octanol–water partition coefficient (Wildman–Crippen LogP) is 2.12. The summed E-state index contributed by atoms with van der Waals surface area (Å²) in [5, 5.41) is 3.07. The third-order valence-corrected chi connectivity index (χ3v) is 4.18. The molecule has 1 aromatic carbocycles. The molecule has 1 aromatic rings. The molecule has 0 atom stereocenters. The Hall–Kier alpha value is -0.620. The van der Waals surface area contributed by atoms with Crippen molar-refractivity contribution in [1.82, 2.24) is 10.0 Å². The van der Waals surface area contributed by atoms with Gasteiger partial charge in [0.25, 0.3) is 0 Å². The first kappa shape index (κ1) is 18.4. The van der Waals surface area contributed by atoms with Crippen molar-refractivity contribution in [3.8, 4) is 0 Å². The van der Waals surface area contributed by atoms with Gasteiger partial charge in [0.1, 0.15) is 0 Å². The van der Waals surface area contributed by atoms with Crippen LogP contribution in [-0.4, -0.2) is 28.1 Å². The third-order valence-electron chi connectivity index (χ3n) is 2.70. The van der Waals surface area contributed by atoms with Crippen molar-refractivity contribution >= 4 is 22.4 Å². The SMILES string of the molecule is CCNCCNS(=O)(=O)c1ccc(C(C)C)cc1.Cl. The number of likely N-dealkylation sites (N-methyl/N-ethyl adjacent to an activating group) is 1. The van der Waals surface area contributed by atoms with E-state index in [1.807, 2.05) is 19.1 Å². The van der Waals surface area contributed by atoms with Crippen LogP contribution in [0.4, 0.5) is 0 Å². The van der Waals surface area contributed by atoms with Gasteiger partial charge < -0.3 is 5.32 Å². The molecule has 0 amide bonds. The second-order valence-electron chi connectivity index (χ2n) is 4.48. The van der Waals surface area contributed by atoms with Crippen LogP contribution in [-0.2, 0) is 10.0 Å². The molecule has 0 aliphatic carbocycles. The Balaban J connectivity index is 0.00000324. The van der Waals surface area contributed by atoms with Gasteiger partial charge in [0.15, 0.2) is 0 Å². The van der Waals surface area contributed by atoms with Crippen molar-refractivity contribution in [2.45, 2.75) is 31.6 Å². The number of hydrogen-bond acceptors (Lipinski definition) is 3. The number of sulfonamides is 1. The molecule has 4 nitrogen and oxygen atoms in total. The van der Waals surface area contributed by atoms with Crippen LogP contribution in [0.3, 0.4) is 0 Å². The zero-order valence-electron chi connectivity index (χ0n) is 11.6. The lowest BCUT2D eigenvalue weighted by molar-refractivity contribution is 0.577. The second-order valence-corrected chi connectivity index (χ2v) is 6.24. The summed E-state index contributed by atoms with van der Waals surface area (Å²) < 4.78 is 26.4. The monoisotopic (exact) mass is 306 g/mol. The Morgan fingerprint density at radius 1 is 1.11 bits per heavy atom. The average Bonchev–Trinajstić information content (AvgIpc) is 2.35. The fourth-order valence-electron chi connectivity index (χ4n) is 1.57. The summed E-state index contributed by atoms with van der Waals surface area (Å²) in [5.74, 6) is 0.406. The molecule has 2 N–H and O–H groups in total. The lowest BCUT2D eigenvalue weighted by Crippen LogP contribution is -2.31. The number of hydrogen-bond donors (Lipinski definition) is 2. The van der Waals surface area contributed by atoms with Crippen molar-refractivity contribution in [3.63, 3.8) is 0 Å². The molecule has 110 valence electrons. The van der Waals surface area contributed by atoms with Gasteiger partial charge in [-0.15, -0.1) is 12.4 Å². The maximum absolute atomic E-state index is 11.9. The molecule has 0 radical (unpaired) electrons. The minimum Gasteiger partial charge on any atom is -0.316 e. The Morgan fingerprint density at radius 2 is 1.68 bits per heavy atom. The van der Waals surface area contributed by atoms with E-state index in [-0.39, 0.29) is 12.4 Å². The topological polar surface area (TPSA) is 58.2 Å². The summed E-state index contributed by atoms with van der Waals surface area (Å²) in [6.45, 7) is 8.03. The normalized spacial score (nSPS) is 11.4. The summed E-state index contributed by atoms with van der Waals surface area (Å²) in [4.78, 5) is 0.323. The van der Waals surface area contributed by atoms with Gasteiger partial charge in [-0.25, -0.2) is 13.1 Å². The van der Waals surface area contributed by atoms with Gasteiger partial charge in [0.05, 0.1) is 4.90 Å². The van der Waals surface area contributed by atoms with E-state index < -0.39 is 10.0 Å². The van der Waals surface area contributed by atoms with Crippen LogP contribution in [0.2, 0.25) is 0 Å². The van der Waals surface area contributed by atoms with Crippen molar-refractivity contribution in [2.75, 3.05) is 19.6 Å². The summed E-state index contributed by atoms with van der Waals surface area (Å²) in [5.41, 5.74) is 1.14. The number of benzene rings is 1. The number of nitrogens with one attached hydrogen (secondary N) is 2. The molecule has 0 unspecified atom stereocenters. The molecule has 6 heteroatoms. The quantitative estimate of drug-likeness (QED) is 0.759. The van der Waals surface area contributed by atoms with Gasteiger partial charge in [-0.05, 0) is 30.2 Å². The maximum Gasteiger partial charge on any atom is 0.240 e. The Kier molecular flexibility index (Phi) is 8.25. The molecule has 0 heterocycles. The smallest absolute Gasteiger partial charge is 0.240 e. The molecule has 19 heavy (non-hydrogen) atoms. The highest BCUT2D eigenvalue weighted by Crippen LogP contribution is 2.16. The van der Waals surface area contributed by atoms with Crippen molar-refractivity contribution in [1.29, 1.82) is 0 Å². The molecule has 0 saturated carbocycles. The van der Waals surface area contributed by atoms with E-state index in [0.29, 0.717) is 23.9 Å². The first-order chi connectivity index (χ1) is 8.47. The molecular weight excluding hydrogens is 284 g/mol. The molecule has 0 aromatic heterocycles. The van der Waals surface area contributed by atoms with E-state index in [1.54, 1.807) is 12.1 Å². The van der Waals surface area contributed by atoms with Gasteiger partial charge in [-0.1, -0.05) is 32.9 Å². The fourth-order valence-corrected chi connectivity index (χ4v) is 2.60. The largest absolute Gasteiger partial charge is 0.316 e. The summed E-state index contributed by atoms with van der Waals surface area (Å²) in [6, 6.07) is 7.04. The van der Waals surface area contributed by atoms with Crippen molar-refractivity contribution in [3.05, 3.63) is 29.8 Å². The Bertz CT molecular complexity index is 458. The van der Waals surface area contributed by atoms with Crippen molar-refractivity contribution in [2.24, 2.45) is 0 Å². The predicted molar refractivity (Wildman–Crippen MR) is 81.5 cm³/mol. The lowest BCUT2D eigenvalue weighted by Gasteiger charge is -2.09. The van der Waals surface area contributed by atoms with Gasteiger partial charge in [-0.2, -0.15) is 0 Å². The Labute approximate surface area is 122 Å². The van der Waals surface area contributed by atoms with E-state index in [1.165, 1.54) is 0 Å². The third kappa shape index (κ3) is 5.91. The molecule has 0 saturated heterocycles. The van der Waals surface area contributed by atoms with Crippen LogP contribution in [0.15, 0.2) is 29.2 Å². The van der Waals surface area contributed by atoms with E-state index in [2.05, 4.69) is 23.9 Å². The highest BCUT2D eigenvalue weighted by molar-refractivity contribution is 7.89. The van der Waals surface area contributed by atoms with Gasteiger partial charge in [0.2, 0.25) is 10.0 Å². The lowest BCUT2D eigenvalue weighted by atomic mass is 10.0. The first-order valence-corrected chi connectivity index (χ1v) is 7.76. The van der Waals surface area contributed by atoms with E-state index >= 15 is 0 Å². The molecule has 0 bridgehead atoms. The van der Waals surface area contributed by atoms with Crippen molar-refractivity contribution < 1.29 is 8.42 Å². The van der Waals surface area contributed by atoms with E-state index in [4.69, 9.17) is 0 Å². The summed E-state index contributed by atoms with van der Waals surface area (Å²) in [7, 11) is -3.37. The highest BCUT2D eigenvalue weighted by atomic mass is 35.5.